The van der Waals surface area contributed by atoms with E-state index in [-0.39, 0.29) is 11.8 Å². The van der Waals surface area contributed by atoms with Gasteiger partial charge < -0.3 is 10.6 Å². The van der Waals surface area contributed by atoms with E-state index in [1.54, 1.807) is 11.3 Å². The molecule has 0 saturated carbocycles. The van der Waals surface area contributed by atoms with Crippen LogP contribution in [0.5, 0.6) is 0 Å². The molecular formula is C12H17BrN2OS. The molecule has 0 aromatic carbocycles. The second kappa shape index (κ2) is 5.50. The van der Waals surface area contributed by atoms with Gasteiger partial charge in [-0.15, -0.1) is 11.3 Å². The van der Waals surface area contributed by atoms with Gasteiger partial charge in [0.2, 0.25) is 5.91 Å². The maximum Gasteiger partial charge on any atom is 0.230 e. The lowest BCUT2D eigenvalue weighted by molar-refractivity contribution is -0.131. The lowest BCUT2D eigenvalue weighted by atomic mass is 10.1. The summed E-state index contributed by atoms with van der Waals surface area (Å²) in [5.74, 6) is 0.680. The quantitative estimate of drug-likeness (QED) is 0.931. The Morgan fingerprint density at radius 1 is 1.71 bits per heavy atom. The first-order chi connectivity index (χ1) is 8.11. The predicted octanol–water partition coefficient (Wildman–Crippen LogP) is 2.42. The van der Waals surface area contributed by atoms with Gasteiger partial charge in [0, 0.05) is 18.0 Å². The molecule has 2 heterocycles. The van der Waals surface area contributed by atoms with Gasteiger partial charge in [-0.25, -0.2) is 0 Å². The van der Waals surface area contributed by atoms with Crippen molar-refractivity contribution >= 4 is 33.2 Å². The second-order valence-corrected chi connectivity index (χ2v) is 7.03. The SMILES string of the molecule is CC(C(=O)N1CCC(CN)C1)c1ccc(Br)s1. The van der Waals surface area contributed by atoms with Crippen LogP contribution in [0, 0.1) is 5.92 Å². The van der Waals surface area contributed by atoms with Crippen LogP contribution in [0.1, 0.15) is 24.1 Å². The topological polar surface area (TPSA) is 46.3 Å². The number of rotatable bonds is 3. The molecule has 0 radical (unpaired) electrons. The highest BCUT2D eigenvalue weighted by atomic mass is 79.9. The van der Waals surface area contributed by atoms with Gasteiger partial charge in [0.25, 0.3) is 0 Å². The van der Waals surface area contributed by atoms with Crippen molar-refractivity contribution in [2.75, 3.05) is 19.6 Å². The summed E-state index contributed by atoms with van der Waals surface area (Å²) in [6.45, 7) is 4.35. The molecule has 2 atom stereocenters. The molecule has 5 heteroatoms. The molecule has 17 heavy (non-hydrogen) atoms. The molecule has 1 aromatic rings. The number of carbonyl (C=O) groups excluding carboxylic acids is 1. The summed E-state index contributed by atoms with van der Waals surface area (Å²) in [6, 6.07) is 4.02. The van der Waals surface area contributed by atoms with E-state index in [4.69, 9.17) is 5.73 Å². The number of amides is 1. The number of halogens is 1. The van der Waals surface area contributed by atoms with E-state index >= 15 is 0 Å². The first-order valence-corrected chi connectivity index (χ1v) is 7.47. The minimum Gasteiger partial charge on any atom is -0.342 e. The van der Waals surface area contributed by atoms with Crippen LogP contribution in [0.2, 0.25) is 0 Å². The van der Waals surface area contributed by atoms with Crippen molar-refractivity contribution in [1.29, 1.82) is 0 Å². The van der Waals surface area contributed by atoms with Crippen molar-refractivity contribution in [2.45, 2.75) is 19.3 Å². The maximum atomic E-state index is 12.3. The van der Waals surface area contributed by atoms with Gasteiger partial charge in [0.05, 0.1) is 9.70 Å². The van der Waals surface area contributed by atoms with Crippen molar-refractivity contribution in [3.63, 3.8) is 0 Å². The molecule has 0 bridgehead atoms. The minimum atomic E-state index is -0.0391. The molecule has 3 nitrogen and oxygen atoms in total. The van der Waals surface area contributed by atoms with Crippen molar-refractivity contribution in [2.24, 2.45) is 11.7 Å². The maximum absolute atomic E-state index is 12.3. The number of thiophene rings is 1. The smallest absolute Gasteiger partial charge is 0.230 e. The lowest BCUT2D eigenvalue weighted by Gasteiger charge is -2.20. The Bertz CT molecular complexity index is 407. The summed E-state index contributed by atoms with van der Waals surface area (Å²) in [7, 11) is 0. The standard InChI is InChI=1S/C12H17BrN2OS/c1-8(10-2-3-11(13)17-10)12(16)15-5-4-9(6-14)7-15/h2-3,8-9H,4-7,14H2,1H3. The third-order valence-electron chi connectivity index (χ3n) is 3.32. The third-order valence-corrected chi connectivity index (χ3v) is 5.13. The molecule has 2 rings (SSSR count). The monoisotopic (exact) mass is 316 g/mol. The van der Waals surface area contributed by atoms with Crippen LogP contribution < -0.4 is 5.73 Å². The van der Waals surface area contributed by atoms with Crippen LogP contribution in [0.3, 0.4) is 0 Å². The minimum absolute atomic E-state index is 0.0391. The molecule has 2 unspecified atom stereocenters. The Balaban J connectivity index is 2.00. The normalized spacial score (nSPS) is 21.8. The molecule has 0 aliphatic carbocycles. The Hall–Kier alpha value is -0.390. The fraction of sp³-hybridized carbons (Fsp3) is 0.583. The first-order valence-electron chi connectivity index (χ1n) is 5.86. The van der Waals surface area contributed by atoms with Crippen molar-refractivity contribution in [1.82, 2.24) is 4.90 Å². The Kier molecular flexibility index (Phi) is 4.22. The van der Waals surface area contributed by atoms with E-state index in [1.165, 1.54) is 0 Å². The van der Waals surface area contributed by atoms with E-state index in [0.29, 0.717) is 12.5 Å². The molecule has 0 spiro atoms. The van der Waals surface area contributed by atoms with Crippen LogP contribution >= 0.6 is 27.3 Å². The lowest BCUT2D eigenvalue weighted by Crippen LogP contribution is -2.32. The van der Waals surface area contributed by atoms with Gasteiger partial charge in [0.15, 0.2) is 0 Å². The molecule has 1 saturated heterocycles. The number of carbonyl (C=O) groups is 1. The number of hydrogen-bond donors (Lipinski definition) is 1. The molecule has 2 N–H and O–H groups in total. The van der Waals surface area contributed by atoms with Gasteiger partial charge in [-0.1, -0.05) is 0 Å². The largest absolute Gasteiger partial charge is 0.342 e. The number of nitrogens with two attached hydrogens (primary N) is 1. The second-order valence-electron chi connectivity index (χ2n) is 4.54. The zero-order valence-electron chi connectivity index (χ0n) is 9.86. The van der Waals surface area contributed by atoms with Crippen LogP contribution in [0.25, 0.3) is 0 Å². The highest BCUT2D eigenvalue weighted by Gasteiger charge is 2.29. The Morgan fingerprint density at radius 3 is 3.00 bits per heavy atom. The van der Waals surface area contributed by atoms with Gasteiger partial charge in [-0.3, -0.25) is 4.79 Å². The van der Waals surface area contributed by atoms with Gasteiger partial charge in [-0.2, -0.15) is 0 Å². The number of hydrogen-bond acceptors (Lipinski definition) is 3. The van der Waals surface area contributed by atoms with Crippen LogP contribution in [-0.2, 0) is 4.79 Å². The highest BCUT2D eigenvalue weighted by molar-refractivity contribution is 9.11. The summed E-state index contributed by atoms with van der Waals surface area (Å²) in [6.07, 6.45) is 1.04. The van der Waals surface area contributed by atoms with E-state index in [9.17, 15) is 4.79 Å². The van der Waals surface area contributed by atoms with Crippen molar-refractivity contribution < 1.29 is 4.79 Å². The molecule has 1 aliphatic rings. The van der Waals surface area contributed by atoms with Crippen LogP contribution in [0.15, 0.2) is 15.9 Å². The van der Waals surface area contributed by atoms with Gasteiger partial charge in [-0.05, 0) is 53.9 Å². The molecule has 1 amide bonds. The molecule has 1 aliphatic heterocycles. The average molecular weight is 317 g/mol. The third kappa shape index (κ3) is 2.89. The van der Waals surface area contributed by atoms with Gasteiger partial charge in [0.1, 0.15) is 0 Å². The van der Waals surface area contributed by atoms with Crippen molar-refractivity contribution in [3.8, 4) is 0 Å². The fourth-order valence-corrected chi connectivity index (χ4v) is 3.65. The van der Waals surface area contributed by atoms with E-state index < -0.39 is 0 Å². The molecular weight excluding hydrogens is 300 g/mol. The zero-order chi connectivity index (χ0) is 12.4. The van der Waals surface area contributed by atoms with Crippen LogP contribution in [-0.4, -0.2) is 30.4 Å². The summed E-state index contributed by atoms with van der Waals surface area (Å²) < 4.78 is 1.08. The average Bonchev–Trinajstić information content (AvgIpc) is 2.95. The summed E-state index contributed by atoms with van der Waals surface area (Å²) >= 11 is 5.06. The van der Waals surface area contributed by atoms with E-state index in [0.717, 1.165) is 28.2 Å². The highest BCUT2D eigenvalue weighted by Crippen LogP contribution is 2.30. The van der Waals surface area contributed by atoms with Gasteiger partial charge >= 0.3 is 0 Å². The Morgan fingerprint density at radius 2 is 2.47 bits per heavy atom. The van der Waals surface area contributed by atoms with Crippen molar-refractivity contribution in [3.05, 3.63) is 20.8 Å². The summed E-state index contributed by atoms with van der Waals surface area (Å²) in [5.41, 5.74) is 5.64. The molecule has 1 aromatic heterocycles. The zero-order valence-corrected chi connectivity index (χ0v) is 12.3. The van der Waals surface area contributed by atoms with E-state index in [1.807, 2.05) is 24.0 Å². The fourth-order valence-electron chi connectivity index (χ4n) is 2.18. The van der Waals surface area contributed by atoms with E-state index in [2.05, 4.69) is 15.9 Å². The molecule has 1 fully saturated rings. The van der Waals surface area contributed by atoms with Crippen LogP contribution in [0.4, 0.5) is 0 Å². The summed E-state index contributed by atoms with van der Waals surface area (Å²) in [4.78, 5) is 15.4. The number of likely N-dealkylation sites (tertiary alicyclic amines) is 1. The Labute approximate surface area is 114 Å². The molecule has 94 valence electrons. The predicted molar refractivity (Wildman–Crippen MR) is 74.2 cm³/mol. The first kappa shape index (κ1) is 13.1. The number of nitrogens with zero attached hydrogens (tertiary/aromatic N) is 1. The summed E-state index contributed by atoms with van der Waals surface area (Å²) in [5, 5.41) is 0.